The Hall–Kier alpha value is -1.56. The molecule has 6 fully saturated rings. The number of benzene rings is 3. The van der Waals surface area contributed by atoms with Crippen molar-refractivity contribution >= 4 is 37.5 Å². The van der Waals surface area contributed by atoms with Crippen molar-refractivity contribution in [3.63, 3.8) is 0 Å². The summed E-state index contributed by atoms with van der Waals surface area (Å²) in [6.45, 7) is 14.8. The smallest absolute Gasteiger partial charge is 0.206 e. The van der Waals surface area contributed by atoms with Crippen LogP contribution in [0.15, 0.2) is 84.9 Å². The van der Waals surface area contributed by atoms with Crippen molar-refractivity contribution in [1.29, 1.82) is 0 Å². The summed E-state index contributed by atoms with van der Waals surface area (Å²) in [7, 11) is -1.97. The average molecular weight is 599 g/mol. The van der Waals surface area contributed by atoms with E-state index in [2.05, 4.69) is 126 Å². The second-order valence-corrected chi connectivity index (χ2v) is 18.6. The third-order valence-corrected chi connectivity index (χ3v) is 16.8. The Morgan fingerprint density at radius 2 is 0.952 bits per heavy atom. The maximum Gasteiger partial charge on any atom is 0.206 e. The average Bonchev–Trinajstić information content (AvgIpc) is 2.99. The summed E-state index contributed by atoms with van der Waals surface area (Å²) in [5.74, 6) is 4.16. The Morgan fingerprint density at radius 1 is 0.548 bits per heavy atom. The molecule has 9 rings (SSSR count). The molecule has 6 aliphatic carbocycles. The molecule has 0 amide bonds. The molecule has 6 saturated carbocycles. The van der Waals surface area contributed by atoms with Crippen molar-refractivity contribution in [3.05, 3.63) is 84.9 Å². The third kappa shape index (κ3) is 4.85. The second-order valence-electron chi connectivity index (χ2n) is 15.0. The van der Waals surface area contributed by atoms with Gasteiger partial charge in [-0.1, -0.05) is 120 Å². The molecule has 3 aromatic rings. The van der Waals surface area contributed by atoms with Crippen LogP contribution in [0.1, 0.15) is 67.2 Å². The van der Waals surface area contributed by atoms with Crippen molar-refractivity contribution in [3.8, 4) is 0 Å². The lowest BCUT2D eigenvalue weighted by molar-refractivity contribution is -0.157. The number of hydrogen-bond donors (Lipinski definition) is 0. The highest BCUT2D eigenvalue weighted by Gasteiger charge is 2.59. The lowest BCUT2D eigenvalue weighted by Gasteiger charge is -2.62. The Bertz CT molecular complexity index is 1300. The van der Waals surface area contributed by atoms with Gasteiger partial charge in [0.1, 0.15) is 0 Å². The van der Waals surface area contributed by atoms with Gasteiger partial charge in [0.05, 0.1) is 12.2 Å². The molecular formula is C38H48O2P2. The normalized spacial score (nSPS) is 34.1. The van der Waals surface area contributed by atoms with Gasteiger partial charge >= 0.3 is 0 Å². The topological polar surface area (TPSA) is 18.5 Å². The summed E-state index contributed by atoms with van der Waals surface area (Å²) < 4.78 is 14.7. The molecule has 6 aliphatic rings. The van der Waals surface area contributed by atoms with Gasteiger partial charge in [-0.3, -0.25) is 0 Å². The summed E-state index contributed by atoms with van der Waals surface area (Å²) in [5, 5.41) is 5.44. The lowest BCUT2D eigenvalue weighted by atomic mass is 9.45. The standard InChI is InChI=1S/C38H48O2P2/c1-25-31-21-27(37(31,3)4)23-33(25)39-42(40-34-24-28-22-32(26(34)2)38(28,5)6)36-20-14-13-19-35(36)41(29-15-9-7-10-16-29)30-17-11-8-12-18-30/h7-20,25-28,31-34H,21-24H2,1-6H3/t25-,26-,27+,28+,31-,32-,33-,34-/m0/s1. The van der Waals surface area contributed by atoms with Gasteiger partial charge in [-0.15, -0.1) is 0 Å². The summed E-state index contributed by atoms with van der Waals surface area (Å²) >= 11 is 0. The van der Waals surface area contributed by atoms with Gasteiger partial charge in [0.25, 0.3) is 0 Å². The minimum atomic E-state index is -1.23. The van der Waals surface area contributed by atoms with E-state index in [4.69, 9.17) is 9.05 Å². The first kappa shape index (κ1) is 29.2. The largest absolute Gasteiger partial charge is 0.327 e. The third-order valence-electron chi connectivity index (χ3n) is 12.4. The fourth-order valence-electron chi connectivity index (χ4n) is 9.26. The predicted molar refractivity (Wildman–Crippen MR) is 180 cm³/mol. The molecule has 3 aromatic carbocycles. The van der Waals surface area contributed by atoms with E-state index in [1.54, 1.807) is 0 Å². The SMILES string of the molecule is C[C@@H]1[C@@H](OP(O[C@H]2C[C@H]3C[C@@H]([C@@H]2C)C3(C)C)c2ccccc2P(c2ccccc2)c2ccccc2)C[C@H]2C[C@@H]1C2(C)C. The van der Waals surface area contributed by atoms with Crippen molar-refractivity contribution in [2.75, 3.05) is 0 Å². The van der Waals surface area contributed by atoms with Gasteiger partial charge in [-0.05, 0) is 102 Å². The molecule has 0 aromatic heterocycles. The maximum atomic E-state index is 7.35. The van der Waals surface area contributed by atoms with Crippen LogP contribution in [0.25, 0.3) is 0 Å². The summed E-state index contributed by atoms with van der Waals surface area (Å²) in [5.41, 5.74) is 0.890. The van der Waals surface area contributed by atoms with E-state index in [0.717, 1.165) is 23.7 Å². The van der Waals surface area contributed by atoms with Crippen molar-refractivity contribution in [1.82, 2.24) is 0 Å². The van der Waals surface area contributed by atoms with Crippen molar-refractivity contribution < 1.29 is 9.05 Å². The molecule has 2 nitrogen and oxygen atoms in total. The maximum absolute atomic E-state index is 7.35. The van der Waals surface area contributed by atoms with Crippen LogP contribution in [0.2, 0.25) is 0 Å². The predicted octanol–water partition coefficient (Wildman–Crippen LogP) is 8.56. The molecule has 0 spiro atoms. The molecule has 4 heteroatoms. The van der Waals surface area contributed by atoms with E-state index in [0.29, 0.717) is 22.7 Å². The van der Waals surface area contributed by atoms with Crippen LogP contribution in [0.3, 0.4) is 0 Å². The van der Waals surface area contributed by atoms with Crippen LogP contribution < -0.4 is 21.2 Å². The molecule has 8 atom stereocenters. The summed E-state index contributed by atoms with van der Waals surface area (Å²) in [6.07, 6.45) is 5.61. The first-order valence-corrected chi connectivity index (χ1v) is 18.8. The van der Waals surface area contributed by atoms with Crippen LogP contribution in [0, 0.1) is 46.3 Å². The van der Waals surface area contributed by atoms with Crippen LogP contribution in [0.5, 0.6) is 0 Å². The quantitative estimate of drug-likeness (QED) is 0.242. The zero-order chi connectivity index (χ0) is 29.2. The molecule has 0 aliphatic heterocycles. The molecule has 42 heavy (non-hydrogen) atoms. The highest BCUT2D eigenvalue weighted by Crippen LogP contribution is 2.65. The van der Waals surface area contributed by atoms with E-state index in [1.165, 1.54) is 46.9 Å². The van der Waals surface area contributed by atoms with Gasteiger partial charge in [0, 0.05) is 5.30 Å². The number of hydrogen-bond acceptors (Lipinski definition) is 2. The first-order chi connectivity index (χ1) is 20.2. The van der Waals surface area contributed by atoms with Gasteiger partial charge in [0.2, 0.25) is 8.38 Å². The Morgan fingerprint density at radius 3 is 1.36 bits per heavy atom. The van der Waals surface area contributed by atoms with Gasteiger partial charge in [0.15, 0.2) is 0 Å². The highest BCUT2D eigenvalue weighted by atomic mass is 31.2. The zero-order valence-corrected chi connectivity index (χ0v) is 28.0. The Labute approximate surface area is 256 Å². The van der Waals surface area contributed by atoms with Crippen LogP contribution >= 0.6 is 16.3 Å². The summed E-state index contributed by atoms with van der Waals surface area (Å²) in [4.78, 5) is 0. The van der Waals surface area contributed by atoms with E-state index in [1.807, 2.05) is 0 Å². The van der Waals surface area contributed by atoms with Crippen LogP contribution in [-0.2, 0) is 9.05 Å². The van der Waals surface area contributed by atoms with E-state index in [-0.39, 0.29) is 12.2 Å². The summed E-state index contributed by atoms with van der Waals surface area (Å²) in [6, 6.07) is 31.3. The lowest BCUT2D eigenvalue weighted by Crippen LogP contribution is -2.58. The van der Waals surface area contributed by atoms with E-state index >= 15 is 0 Å². The van der Waals surface area contributed by atoms with Crippen molar-refractivity contribution in [2.45, 2.75) is 79.4 Å². The molecule has 0 unspecified atom stereocenters. The molecule has 4 bridgehead atoms. The Balaban J connectivity index is 1.27. The van der Waals surface area contributed by atoms with Crippen LogP contribution in [0.4, 0.5) is 0 Å². The van der Waals surface area contributed by atoms with Gasteiger partial charge in [-0.2, -0.15) is 0 Å². The fraction of sp³-hybridized carbons (Fsp3) is 0.526. The van der Waals surface area contributed by atoms with Crippen LogP contribution in [-0.4, -0.2) is 12.2 Å². The number of rotatable bonds is 8. The van der Waals surface area contributed by atoms with Crippen molar-refractivity contribution in [2.24, 2.45) is 46.3 Å². The molecule has 0 radical (unpaired) electrons. The van der Waals surface area contributed by atoms with E-state index < -0.39 is 16.3 Å². The monoisotopic (exact) mass is 598 g/mol. The molecular weight excluding hydrogens is 550 g/mol. The minimum absolute atomic E-state index is 0.269. The van der Waals surface area contributed by atoms with E-state index in [9.17, 15) is 0 Å². The molecule has 0 saturated heterocycles. The molecule has 222 valence electrons. The van der Waals surface area contributed by atoms with Gasteiger partial charge < -0.3 is 9.05 Å². The fourth-order valence-corrected chi connectivity index (χ4v) is 13.9. The molecule has 0 heterocycles. The number of fused-ring (bicyclic) bond motifs is 4. The molecule has 0 N–H and O–H groups in total. The van der Waals surface area contributed by atoms with Gasteiger partial charge in [-0.25, -0.2) is 0 Å². The Kier molecular flexibility index (Phi) is 7.71. The first-order valence-electron chi connectivity index (χ1n) is 16.3. The second kappa shape index (κ2) is 11.1. The zero-order valence-electron chi connectivity index (χ0n) is 26.2. The minimum Gasteiger partial charge on any atom is -0.327 e. The highest BCUT2D eigenvalue weighted by molar-refractivity contribution is 7.81.